The number of H-pyrrole nitrogens is 1. The van der Waals surface area contributed by atoms with Crippen molar-refractivity contribution < 1.29 is 0 Å². The largest absolute Gasteiger partial charge is 0.348 e. The van der Waals surface area contributed by atoms with Gasteiger partial charge in [0.2, 0.25) is 5.95 Å². The summed E-state index contributed by atoms with van der Waals surface area (Å²) in [5.41, 5.74) is 0.112. The standard InChI is InChI=1S/C17H24N8O/c1-17(2,3)25-14-11(9-19-25)15(26)21-16(20-14)18-10-13-23-22-12-7-5-4-6-8-24(12)13/h9H,4-8,10H2,1-3H3,(H2,18,20,21,26). The van der Waals surface area contributed by atoms with Gasteiger partial charge in [0.05, 0.1) is 18.3 Å². The summed E-state index contributed by atoms with van der Waals surface area (Å²) < 4.78 is 3.95. The SMILES string of the molecule is CC(C)(C)n1ncc2c(=O)[nH]c(NCc3nnc4n3CCCCC4)nc21. The Bertz CT molecular complexity index is 991. The van der Waals surface area contributed by atoms with Crippen LogP contribution in [-0.4, -0.2) is 34.5 Å². The highest BCUT2D eigenvalue weighted by Gasteiger charge is 2.20. The van der Waals surface area contributed by atoms with Crippen LogP contribution in [0.5, 0.6) is 0 Å². The highest BCUT2D eigenvalue weighted by Crippen LogP contribution is 2.19. The molecule has 4 rings (SSSR count). The first kappa shape index (κ1) is 16.7. The summed E-state index contributed by atoms with van der Waals surface area (Å²) in [6.45, 7) is 7.49. The molecule has 0 fully saturated rings. The molecule has 0 saturated heterocycles. The second-order valence-corrected chi connectivity index (χ2v) is 7.73. The van der Waals surface area contributed by atoms with Crippen molar-refractivity contribution in [2.45, 2.75) is 65.1 Å². The molecule has 0 bridgehead atoms. The van der Waals surface area contributed by atoms with Crippen molar-refractivity contribution in [3.05, 3.63) is 28.2 Å². The molecule has 0 amide bonds. The van der Waals surface area contributed by atoms with Crippen LogP contribution >= 0.6 is 0 Å². The van der Waals surface area contributed by atoms with Crippen molar-refractivity contribution in [2.24, 2.45) is 0 Å². The Morgan fingerprint density at radius 1 is 1.23 bits per heavy atom. The number of aromatic amines is 1. The zero-order valence-corrected chi connectivity index (χ0v) is 15.4. The monoisotopic (exact) mass is 356 g/mol. The van der Waals surface area contributed by atoms with Crippen molar-refractivity contribution >= 4 is 17.0 Å². The molecule has 26 heavy (non-hydrogen) atoms. The normalized spacial score (nSPS) is 15.0. The maximum Gasteiger partial charge on any atom is 0.263 e. The van der Waals surface area contributed by atoms with Gasteiger partial charge in [0.15, 0.2) is 11.5 Å². The second-order valence-electron chi connectivity index (χ2n) is 7.73. The summed E-state index contributed by atoms with van der Waals surface area (Å²) in [6.07, 6.45) is 6.06. The van der Waals surface area contributed by atoms with E-state index in [1.165, 1.54) is 6.42 Å². The first-order valence-electron chi connectivity index (χ1n) is 9.07. The van der Waals surface area contributed by atoms with Crippen molar-refractivity contribution in [3.8, 4) is 0 Å². The molecule has 0 aliphatic carbocycles. The minimum atomic E-state index is -0.260. The fraction of sp³-hybridized carbons (Fsp3) is 0.588. The summed E-state index contributed by atoms with van der Waals surface area (Å²) in [4.78, 5) is 19.7. The Labute approximate surface area is 150 Å². The van der Waals surface area contributed by atoms with E-state index in [4.69, 9.17) is 0 Å². The molecule has 0 radical (unpaired) electrons. The Hall–Kier alpha value is -2.71. The number of nitrogens with one attached hydrogen (secondary N) is 2. The van der Waals surface area contributed by atoms with E-state index >= 15 is 0 Å². The first-order chi connectivity index (χ1) is 12.4. The van der Waals surface area contributed by atoms with Crippen LogP contribution in [0, 0.1) is 0 Å². The minimum Gasteiger partial charge on any atom is -0.348 e. The lowest BCUT2D eigenvalue weighted by Gasteiger charge is -2.19. The van der Waals surface area contributed by atoms with Gasteiger partial charge in [-0.05, 0) is 33.6 Å². The summed E-state index contributed by atoms with van der Waals surface area (Å²) >= 11 is 0. The lowest BCUT2D eigenvalue weighted by Crippen LogP contribution is -2.24. The average molecular weight is 356 g/mol. The van der Waals surface area contributed by atoms with E-state index in [0.29, 0.717) is 23.5 Å². The zero-order chi connectivity index (χ0) is 18.3. The van der Waals surface area contributed by atoms with Gasteiger partial charge < -0.3 is 9.88 Å². The van der Waals surface area contributed by atoms with Gasteiger partial charge in [0.25, 0.3) is 5.56 Å². The predicted molar refractivity (Wildman–Crippen MR) is 98.0 cm³/mol. The van der Waals surface area contributed by atoms with Crippen molar-refractivity contribution in [1.82, 2.24) is 34.5 Å². The second kappa shape index (κ2) is 6.22. The topological polar surface area (TPSA) is 106 Å². The van der Waals surface area contributed by atoms with Crippen LogP contribution < -0.4 is 10.9 Å². The maximum atomic E-state index is 12.4. The van der Waals surface area contributed by atoms with Gasteiger partial charge in [-0.25, -0.2) is 4.68 Å². The molecule has 0 saturated carbocycles. The van der Waals surface area contributed by atoms with Gasteiger partial charge in [0, 0.05) is 13.0 Å². The van der Waals surface area contributed by atoms with E-state index in [2.05, 4.69) is 35.1 Å². The number of fused-ring (bicyclic) bond motifs is 2. The molecule has 0 spiro atoms. The number of nitrogens with zero attached hydrogens (tertiary/aromatic N) is 6. The third-order valence-corrected chi connectivity index (χ3v) is 4.67. The molecule has 2 N–H and O–H groups in total. The summed E-state index contributed by atoms with van der Waals surface area (Å²) in [7, 11) is 0. The number of anilines is 1. The fourth-order valence-corrected chi connectivity index (χ4v) is 3.33. The van der Waals surface area contributed by atoms with Crippen LogP contribution in [0.3, 0.4) is 0 Å². The third-order valence-electron chi connectivity index (χ3n) is 4.67. The van der Waals surface area contributed by atoms with E-state index in [1.54, 1.807) is 10.9 Å². The molecule has 4 heterocycles. The van der Waals surface area contributed by atoms with Crippen LogP contribution in [0.1, 0.15) is 51.7 Å². The van der Waals surface area contributed by atoms with Crippen molar-refractivity contribution in [3.63, 3.8) is 0 Å². The van der Waals surface area contributed by atoms with E-state index in [0.717, 1.165) is 37.5 Å². The molecule has 3 aromatic rings. The highest BCUT2D eigenvalue weighted by molar-refractivity contribution is 5.74. The minimum absolute atomic E-state index is 0.201. The lowest BCUT2D eigenvalue weighted by molar-refractivity contribution is 0.366. The maximum absolute atomic E-state index is 12.4. The summed E-state index contributed by atoms with van der Waals surface area (Å²) in [6, 6.07) is 0. The Morgan fingerprint density at radius 2 is 2.08 bits per heavy atom. The smallest absolute Gasteiger partial charge is 0.263 e. The molecular weight excluding hydrogens is 332 g/mol. The van der Waals surface area contributed by atoms with Crippen LogP contribution in [0.15, 0.2) is 11.0 Å². The number of aryl methyl sites for hydroxylation is 1. The van der Waals surface area contributed by atoms with Crippen LogP contribution in [-0.2, 0) is 25.0 Å². The molecule has 3 aromatic heterocycles. The molecule has 1 aliphatic heterocycles. The van der Waals surface area contributed by atoms with Gasteiger partial charge in [-0.1, -0.05) is 6.42 Å². The third kappa shape index (κ3) is 2.97. The molecule has 9 heteroatoms. The number of hydrogen-bond acceptors (Lipinski definition) is 6. The molecule has 0 unspecified atom stereocenters. The number of hydrogen-bond donors (Lipinski definition) is 2. The number of rotatable bonds is 3. The molecule has 9 nitrogen and oxygen atoms in total. The van der Waals surface area contributed by atoms with Gasteiger partial charge >= 0.3 is 0 Å². The van der Waals surface area contributed by atoms with Gasteiger partial charge in [-0.15, -0.1) is 10.2 Å². The summed E-state index contributed by atoms with van der Waals surface area (Å²) in [5.74, 6) is 2.33. The highest BCUT2D eigenvalue weighted by atomic mass is 16.1. The quantitative estimate of drug-likeness (QED) is 0.741. The first-order valence-corrected chi connectivity index (χ1v) is 9.07. The Balaban J connectivity index is 1.62. The number of aromatic nitrogens is 7. The van der Waals surface area contributed by atoms with Crippen LogP contribution in [0.25, 0.3) is 11.0 Å². The van der Waals surface area contributed by atoms with E-state index in [9.17, 15) is 4.79 Å². The molecule has 1 aliphatic rings. The van der Waals surface area contributed by atoms with Crippen LogP contribution in [0.2, 0.25) is 0 Å². The van der Waals surface area contributed by atoms with Crippen LogP contribution in [0.4, 0.5) is 5.95 Å². The molecule has 138 valence electrons. The van der Waals surface area contributed by atoms with Gasteiger partial charge in [-0.2, -0.15) is 10.1 Å². The van der Waals surface area contributed by atoms with Gasteiger partial charge in [0.1, 0.15) is 11.2 Å². The summed E-state index contributed by atoms with van der Waals surface area (Å²) in [5, 5.41) is 16.6. The van der Waals surface area contributed by atoms with Gasteiger partial charge in [-0.3, -0.25) is 9.78 Å². The molecular formula is C17H24N8O. The lowest BCUT2D eigenvalue weighted by atomic mass is 10.1. The Kier molecular flexibility index (Phi) is 4.01. The predicted octanol–water partition coefficient (Wildman–Crippen LogP) is 1.80. The van der Waals surface area contributed by atoms with E-state index in [1.807, 2.05) is 20.8 Å². The van der Waals surface area contributed by atoms with Crippen molar-refractivity contribution in [1.29, 1.82) is 0 Å². The Morgan fingerprint density at radius 3 is 2.88 bits per heavy atom. The average Bonchev–Trinajstić information content (AvgIpc) is 3.10. The van der Waals surface area contributed by atoms with E-state index < -0.39 is 0 Å². The zero-order valence-electron chi connectivity index (χ0n) is 15.4. The van der Waals surface area contributed by atoms with E-state index in [-0.39, 0.29) is 11.1 Å². The van der Waals surface area contributed by atoms with Crippen molar-refractivity contribution in [2.75, 3.05) is 5.32 Å². The molecule has 0 atom stereocenters. The molecule has 0 aromatic carbocycles. The fourth-order valence-electron chi connectivity index (χ4n) is 3.33.